The van der Waals surface area contributed by atoms with Crippen molar-refractivity contribution >= 4 is 9.84 Å². The van der Waals surface area contributed by atoms with Gasteiger partial charge in [0.05, 0.1) is 10.6 Å². The van der Waals surface area contributed by atoms with Gasteiger partial charge >= 0.3 is 0 Å². The summed E-state index contributed by atoms with van der Waals surface area (Å²) in [7, 11) is -3.29. The highest BCUT2D eigenvalue weighted by Gasteiger charge is 2.13. The van der Waals surface area contributed by atoms with Crippen molar-refractivity contribution < 1.29 is 12.8 Å². The van der Waals surface area contributed by atoms with Crippen LogP contribution in [0, 0.1) is 0 Å². The van der Waals surface area contributed by atoms with Crippen molar-refractivity contribution in [1.29, 1.82) is 0 Å². The molecule has 0 fully saturated rings. The number of hydrogen-bond acceptors (Lipinski definition) is 4. The Balaban J connectivity index is 2.81. The van der Waals surface area contributed by atoms with E-state index in [9.17, 15) is 12.8 Å². The van der Waals surface area contributed by atoms with Crippen molar-refractivity contribution in [3.05, 3.63) is 29.8 Å². The van der Waals surface area contributed by atoms with Crippen LogP contribution >= 0.6 is 0 Å². The van der Waals surface area contributed by atoms with Crippen molar-refractivity contribution in [2.24, 2.45) is 11.5 Å². The van der Waals surface area contributed by atoms with Gasteiger partial charge in [0.15, 0.2) is 9.84 Å². The smallest absolute Gasteiger partial charge is 0.179 e. The molecule has 96 valence electrons. The Morgan fingerprint density at radius 1 is 1.24 bits per heavy atom. The van der Waals surface area contributed by atoms with E-state index >= 15 is 0 Å². The van der Waals surface area contributed by atoms with Gasteiger partial charge in [-0.1, -0.05) is 12.1 Å². The third-order valence-corrected chi connectivity index (χ3v) is 4.13. The average molecular weight is 260 g/mol. The summed E-state index contributed by atoms with van der Waals surface area (Å²) in [5, 5.41) is 0. The van der Waals surface area contributed by atoms with Crippen molar-refractivity contribution in [2.45, 2.75) is 17.4 Å². The van der Waals surface area contributed by atoms with E-state index in [4.69, 9.17) is 11.5 Å². The first-order valence-corrected chi connectivity index (χ1v) is 6.98. The molecule has 0 heterocycles. The molecule has 0 radical (unpaired) electrons. The molecule has 0 saturated carbocycles. The molecule has 0 aromatic heterocycles. The number of rotatable bonds is 6. The summed E-state index contributed by atoms with van der Waals surface area (Å²) < 4.78 is 35.5. The van der Waals surface area contributed by atoms with Crippen molar-refractivity contribution in [1.82, 2.24) is 0 Å². The van der Waals surface area contributed by atoms with Gasteiger partial charge < -0.3 is 11.5 Å². The average Bonchev–Trinajstić information content (AvgIpc) is 2.29. The molecule has 0 unspecified atom stereocenters. The first-order valence-electron chi connectivity index (χ1n) is 5.33. The van der Waals surface area contributed by atoms with E-state index in [1.165, 1.54) is 12.1 Å². The van der Waals surface area contributed by atoms with Crippen LogP contribution in [-0.4, -0.2) is 33.4 Å². The topological polar surface area (TPSA) is 86.2 Å². The third kappa shape index (κ3) is 4.07. The summed E-state index contributed by atoms with van der Waals surface area (Å²) in [5.41, 5.74) is 11.5. The summed E-state index contributed by atoms with van der Waals surface area (Å²) in [6.45, 7) is -0.496. The predicted molar refractivity (Wildman–Crippen MR) is 65.2 cm³/mol. The molecule has 1 aromatic carbocycles. The minimum atomic E-state index is -3.29. The Hall–Kier alpha value is -0.980. The molecule has 0 aliphatic heterocycles. The highest BCUT2D eigenvalue weighted by atomic mass is 32.2. The summed E-state index contributed by atoms with van der Waals surface area (Å²) in [4.78, 5) is 0.237. The SMILES string of the molecule is NCCS(=O)(=O)c1ccc(C[C@H](N)CF)cc1. The zero-order valence-corrected chi connectivity index (χ0v) is 10.3. The van der Waals surface area contributed by atoms with E-state index in [0.29, 0.717) is 6.42 Å². The molecule has 1 aromatic rings. The van der Waals surface area contributed by atoms with Crippen LogP contribution in [-0.2, 0) is 16.3 Å². The van der Waals surface area contributed by atoms with Crippen LogP contribution in [0.15, 0.2) is 29.2 Å². The Kier molecular flexibility index (Phi) is 5.04. The Morgan fingerprint density at radius 3 is 2.29 bits per heavy atom. The Labute approximate surface area is 101 Å². The van der Waals surface area contributed by atoms with Gasteiger partial charge in [-0.2, -0.15) is 0 Å². The first kappa shape index (κ1) is 14.1. The molecule has 0 aliphatic carbocycles. The van der Waals surface area contributed by atoms with Crippen LogP contribution in [0.5, 0.6) is 0 Å². The highest BCUT2D eigenvalue weighted by molar-refractivity contribution is 7.91. The molecule has 0 bridgehead atoms. The number of sulfone groups is 1. The van der Waals surface area contributed by atoms with Crippen LogP contribution in [0.25, 0.3) is 0 Å². The molecular formula is C11H17FN2O2S. The van der Waals surface area contributed by atoms with E-state index in [0.717, 1.165) is 5.56 Å². The van der Waals surface area contributed by atoms with Gasteiger partial charge in [-0.25, -0.2) is 12.8 Å². The van der Waals surface area contributed by atoms with Crippen LogP contribution in [0.2, 0.25) is 0 Å². The second-order valence-corrected chi connectivity index (χ2v) is 5.98. The van der Waals surface area contributed by atoms with E-state index in [1.54, 1.807) is 12.1 Å². The van der Waals surface area contributed by atoms with Gasteiger partial charge in [-0.15, -0.1) is 0 Å². The monoisotopic (exact) mass is 260 g/mol. The molecule has 0 amide bonds. The van der Waals surface area contributed by atoms with Crippen LogP contribution in [0.1, 0.15) is 5.56 Å². The molecule has 4 N–H and O–H groups in total. The van der Waals surface area contributed by atoms with Gasteiger partial charge in [0, 0.05) is 12.6 Å². The second kappa shape index (κ2) is 6.09. The lowest BCUT2D eigenvalue weighted by Gasteiger charge is -2.08. The highest BCUT2D eigenvalue weighted by Crippen LogP contribution is 2.13. The second-order valence-electron chi connectivity index (χ2n) is 3.87. The lowest BCUT2D eigenvalue weighted by Crippen LogP contribution is -2.24. The quantitative estimate of drug-likeness (QED) is 0.768. The largest absolute Gasteiger partial charge is 0.329 e. The van der Waals surface area contributed by atoms with E-state index in [2.05, 4.69) is 0 Å². The molecular weight excluding hydrogens is 243 g/mol. The maximum Gasteiger partial charge on any atom is 0.179 e. The maximum atomic E-state index is 12.2. The van der Waals surface area contributed by atoms with Crippen LogP contribution < -0.4 is 11.5 Å². The fourth-order valence-corrected chi connectivity index (χ4v) is 2.56. The van der Waals surface area contributed by atoms with Gasteiger partial charge in [0.2, 0.25) is 0 Å². The van der Waals surface area contributed by atoms with Crippen molar-refractivity contribution in [3.63, 3.8) is 0 Å². The minimum absolute atomic E-state index is 0.0731. The van der Waals surface area contributed by atoms with E-state index < -0.39 is 22.6 Å². The summed E-state index contributed by atoms with van der Waals surface area (Å²) in [5.74, 6) is -0.0731. The number of nitrogens with two attached hydrogens (primary N) is 2. The summed E-state index contributed by atoms with van der Waals surface area (Å²) >= 11 is 0. The summed E-state index contributed by atoms with van der Waals surface area (Å²) in [6.07, 6.45) is 0.397. The van der Waals surface area contributed by atoms with Gasteiger partial charge in [0.1, 0.15) is 6.67 Å². The Bertz CT molecular complexity index is 445. The third-order valence-electron chi connectivity index (χ3n) is 2.37. The predicted octanol–water partition coefficient (Wildman–Crippen LogP) is 0.258. The lowest BCUT2D eigenvalue weighted by molar-refractivity contribution is 0.427. The number of hydrogen-bond donors (Lipinski definition) is 2. The van der Waals surface area contributed by atoms with Crippen LogP contribution in [0.4, 0.5) is 4.39 Å². The van der Waals surface area contributed by atoms with Crippen molar-refractivity contribution in [2.75, 3.05) is 19.0 Å². The van der Waals surface area contributed by atoms with Gasteiger partial charge in [-0.3, -0.25) is 0 Å². The fourth-order valence-electron chi connectivity index (χ4n) is 1.46. The van der Waals surface area contributed by atoms with E-state index in [-0.39, 0.29) is 17.2 Å². The zero-order valence-electron chi connectivity index (χ0n) is 9.47. The van der Waals surface area contributed by atoms with E-state index in [1.807, 2.05) is 0 Å². The maximum absolute atomic E-state index is 12.2. The number of alkyl halides is 1. The van der Waals surface area contributed by atoms with Gasteiger partial charge in [0.25, 0.3) is 0 Å². The molecule has 0 saturated heterocycles. The first-order chi connectivity index (χ1) is 7.99. The normalized spacial score (nSPS) is 13.6. The van der Waals surface area contributed by atoms with Gasteiger partial charge in [-0.05, 0) is 24.1 Å². The molecule has 1 atom stereocenters. The molecule has 0 aliphatic rings. The minimum Gasteiger partial charge on any atom is -0.329 e. The lowest BCUT2D eigenvalue weighted by atomic mass is 10.1. The van der Waals surface area contributed by atoms with Crippen LogP contribution in [0.3, 0.4) is 0 Å². The molecule has 0 spiro atoms. The fraction of sp³-hybridized carbons (Fsp3) is 0.455. The molecule has 1 rings (SSSR count). The number of benzene rings is 1. The summed E-state index contributed by atoms with van der Waals surface area (Å²) in [6, 6.07) is 5.77. The Morgan fingerprint density at radius 2 is 1.82 bits per heavy atom. The molecule has 17 heavy (non-hydrogen) atoms. The molecule has 4 nitrogen and oxygen atoms in total. The zero-order chi connectivity index (χ0) is 12.9. The molecule has 6 heteroatoms. The van der Waals surface area contributed by atoms with Crippen molar-refractivity contribution in [3.8, 4) is 0 Å². The standard InChI is InChI=1S/C11H17FN2O2S/c12-8-10(14)7-9-1-3-11(4-2-9)17(15,16)6-5-13/h1-4,10H,5-8,13-14H2/t10-/m0/s1. The number of halogens is 1.